The van der Waals surface area contributed by atoms with Crippen LogP contribution in [0.2, 0.25) is 0 Å². The van der Waals surface area contributed by atoms with E-state index < -0.39 is 0 Å². The van der Waals surface area contributed by atoms with Crippen LogP contribution in [-0.4, -0.2) is 32.0 Å². The first-order valence-electron chi connectivity index (χ1n) is 7.95. The average Bonchev–Trinajstić information content (AvgIpc) is 3.01. The SMILES string of the molecule is COC1CCC(NC(=O)CCc2ccc3c(c2)OCO3)CC1. The number of ether oxygens (including phenoxy) is 3. The van der Waals surface area contributed by atoms with Gasteiger partial charge < -0.3 is 19.5 Å². The van der Waals surface area contributed by atoms with Gasteiger partial charge in [0.2, 0.25) is 12.7 Å². The fraction of sp³-hybridized carbons (Fsp3) is 0.588. The van der Waals surface area contributed by atoms with Gasteiger partial charge in [-0.2, -0.15) is 0 Å². The number of hydrogen-bond acceptors (Lipinski definition) is 4. The monoisotopic (exact) mass is 305 g/mol. The van der Waals surface area contributed by atoms with Gasteiger partial charge >= 0.3 is 0 Å². The minimum Gasteiger partial charge on any atom is -0.454 e. The number of carbonyl (C=O) groups excluding carboxylic acids is 1. The molecule has 1 heterocycles. The van der Waals surface area contributed by atoms with Gasteiger partial charge in [0.25, 0.3) is 0 Å². The number of carbonyl (C=O) groups is 1. The van der Waals surface area contributed by atoms with Gasteiger partial charge in [-0.25, -0.2) is 0 Å². The molecule has 0 spiro atoms. The Balaban J connectivity index is 1.43. The minimum absolute atomic E-state index is 0.124. The molecular weight excluding hydrogens is 282 g/mol. The number of nitrogens with one attached hydrogen (secondary N) is 1. The number of hydrogen-bond donors (Lipinski definition) is 1. The Morgan fingerprint density at radius 3 is 2.77 bits per heavy atom. The van der Waals surface area contributed by atoms with Crippen LogP contribution in [0.15, 0.2) is 18.2 Å². The first kappa shape index (κ1) is 15.2. The van der Waals surface area contributed by atoms with E-state index in [1.807, 2.05) is 18.2 Å². The normalized spacial score (nSPS) is 23.3. The molecule has 120 valence electrons. The van der Waals surface area contributed by atoms with Crippen molar-refractivity contribution in [2.75, 3.05) is 13.9 Å². The summed E-state index contributed by atoms with van der Waals surface area (Å²) in [6.07, 6.45) is 5.66. The summed E-state index contributed by atoms with van der Waals surface area (Å²) in [7, 11) is 1.76. The highest BCUT2D eigenvalue weighted by Gasteiger charge is 2.22. The highest BCUT2D eigenvalue weighted by Crippen LogP contribution is 2.32. The van der Waals surface area contributed by atoms with Gasteiger partial charge in [-0.3, -0.25) is 4.79 Å². The van der Waals surface area contributed by atoms with Crippen molar-refractivity contribution >= 4 is 5.91 Å². The average molecular weight is 305 g/mol. The number of rotatable bonds is 5. The molecule has 1 aliphatic heterocycles. The Morgan fingerprint density at radius 1 is 1.23 bits per heavy atom. The van der Waals surface area contributed by atoms with Crippen LogP contribution in [0.3, 0.4) is 0 Å². The second-order valence-electron chi connectivity index (χ2n) is 5.96. The van der Waals surface area contributed by atoms with E-state index in [-0.39, 0.29) is 12.7 Å². The molecule has 1 fully saturated rings. The maximum Gasteiger partial charge on any atom is 0.231 e. The highest BCUT2D eigenvalue weighted by atomic mass is 16.7. The van der Waals surface area contributed by atoms with Crippen LogP contribution in [0.5, 0.6) is 11.5 Å². The zero-order chi connectivity index (χ0) is 15.4. The minimum atomic E-state index is 0.124. The summed E-state index contributed by atoms with van der Waals surface area (Å²) in [5.41, 5.74) is 1.10. The number of benzene rings is 1. The van der Waals surface area contributed by atoms with Crippen molar-refractivity contribution in [1.29, 1.82) is 0 Å². The molecule has 3 rings (SSSR count). The third kappa shape index (κ3) is 3.71. The summed E-state index contributed by atoms with van der Waals surface area (Å²) in [6.45, 7) is 0.281. The van der Waals surface area contributed by atoms with Crippen LogP contribution < -0.4 is 14.8 Å². The molecule has 0 unspecified atom stereocenters. The van der Waals surface area contributed by atoms with Crippen LogP contribution in [0.25, 0.3) is 0 Å². The van der Waals surface area contributed by atoms with Crippen LogP contribution in [0.4, 0.5) is 0 Å². The van der Waals surface area contributed by atoms with E-state index in [9.17, 15) is 4.79 Å². The van der Waals surface area contributed by atoms with Gasteiger partial charge in [-0.1, -0.05) is 6.07 Å². The van der Waals surface area contributed by atoms with Crippen molar-refractivity contribution < 1.29 is 19.0 Å². The fourth-order valence-corrected chi connectivity index (χ4v) is 3.10. The lowest BCUT2D eigenvalue weighted by Gasteiger charge is -2.28. The van der Waals surface area contributed by atoms with Gasteiger partial charge in [0.1, 0.15) is 0 Å². The Bertz CT molecular complexity index is 523. The maximum atomic E-state index is 12.1. The van der Waals surface area contributed by atoms with Crippen molar-refractivity contribution in [3.63, 3.8) is 0 Å². The summed E-state index contributed by atoms with van der Waals surface area (Å²) in [4.78, 5) is 12.1. The molecule has 22 heavy (non-hydrogen) atoms. The largest absolute Gasteiger partial charge is 0.454 e. The second-order valence-corrected chi connectivity index (χ2v) is 5.96. The van der Waals surface area contributed by atoms with Crippen molar-refractivity contribution in [1.82, 2.24) is 5.32 Å². The molecule has 5 nitrogen and oxygen atoms in total. The zero-order valence-electron chi connectivity index (χ0n) is 13.0. The first-order chi connectivity index (χ1) is 10.7. The van der Waals surface area contributed by atoms with Crippen LogP contribution in [0, 0.1) is 0 Å². The molecule has 1 aliphatic carbocycles. The van der Waals surface area contributed by atoms with E-state index in [1.165, 1.54) is 0 Å². The smallest absolute Gasteiger partial charge is 0.231 e. The Labute approximate surface area is 130 Å². The summed E-state index contributed by atoms with van der Waals surface area (Å²) in [5, 5.41) is 3.14. The molecule has 1 N–H and O–H groups in total. The number of amides is 1. The molecule has 1 aromatic rings. The molecule has 5 heteroatoms. The van der Waals surface area contributed by atoms with E-state index in [0.29, 0.717) is 18.6 Å². The lowest BCUT2D eigenvalue weighted by atomic mass is 9.93. The van der Waals surface area contributed by atoms with E-state index in [2.05, 4.69) is 5.32 Å². The molecular formula is C17H23NO4. The molecule has 0 atom stereocenters. The van der Waals surface area contributed by atoms with Crippen molar-refractivity contribution in [2.24, 2.45) is 0 Å². The second kappa shape index (κ2) is 7.01. The molecule has 0 radical (unpaired) electrons. The van der Waals surface area contributed by atoms with Crippen LogP contribution in [-0.2, 0) is 16.0 Å². The molecule has 0 aromatic heterocycles. The van der Waals surface area contributed by atoms with Crippen molar-refractivity contribution in [2.45, 2.75) is 50.7 Å². The Morgan fingerprint density at radius 2 is 2.00 bits per heavy atom. The first-order valence-corrected chi connectivity index (χ1v) is 7.95. The van der Waals surface area contributed by atoms with E-state index in [1.54, 1.807) is 7.11 Å². The molecule has 0 bridgehead atoms. The lowest BCUT2D eigenvalue weighted by molar-refractivity contribution is -0.122. The number of fused-ring (bicyclic) bond motifs is 1. The quantitative estimate of drug-likeness (QED) is 0.907. The van der Waals surface area contributed by atoms with Gasteiger partial charge in [-0.05, 0) is 49.8 Å². The standard InChI is InChI=1S/C17H23NO4/c1-20-14-6-4-13(5-7-14)18-17(19)9-3-12-2-8-15-16(10-12)22-11-21-15/h2,8,10,13-14H,3-7,9,11H2,1H3,(H,18,19). The molecule has 0 saturated heterocycles. The van der Waals surface area contributed by atoms with Crippen LogP contribution >= 0.6 is 0 Å². The Kier molecular flexibility index (Phi) is 4.83. The fourth-order valence-electron chi connectivity index (χ4n) is 3.10. The third-order valence-electron chi connectivity index (χ3n) is 4.45. The third-order valence-corrected chi connectivity index (χ3v) is 4.45. The predicted molar refractivity (Wildman–Crippen MR) is 82.1 cm³/mol. The molecule has 1 aromatic carbocycles. The lowest BCUT2D eigenvalue weighted by Crippen LogP contribution is -2.39. The van der Waals surface area contributed by atoms with Gasteiger partial charge in [-0.15, -0.1) is 0 Å². The van der Waals surface area contributed by atoms with Gasteiger partial charge in [0.15, 0.2) is 11.5 Å². The van der Waals surface area contributed by atoms with Crippen LogP contribution in [0.1, 0.15) is 37.7 Å². The molecule has 1 saturated carbocycles. The number of methoxy groups -OCH3 is 1. The van der Waals surface area contributed by atoms with Gasteiger partial charge in [0.05, 0.1) is 6.10 Å². The van der Waals surface area contributed by atoms with Gasteiger partial charge in [0, 0.05) is 19.6 Å². The van der Waals surface area contributed by atoms with Crippen molar-refractivity contribution in [3.8, 4) is 11.5 Å². The molecule has 2 aliphatic rings. The summed E-state index contributed by atoms with van der Waals surface area (Å²) in [5.74, 6) is 1.68. The van der Waals surface area contributed by atoms with E-state index >= 15 is 0 Å². The van der Waals surface area contributed by atoms with E-state index in [4.69, 9.17) is 14.2 Å². The summed E-state index contributed by atoms with van der Waals surface area (Å²) < 4.78 is 16.0. The van der Waals surface area contributed by atoms with Crippen molar-refractivity contribution in [3.05, 3.63) is 23.8 Å². The predicted octanol–water partition coefficient (Wildman–Crippen LogP) is 2.42. The summed E-state index contributed by atoms with van der Waals surface area (Å²) in [6, 6.07) is 6.15. The summed E-state index contributed by atoms with van der Waals surface area (Å²) >= 11 is 0. The maximum absolute atomic E-state index is 12.1. The topological polar surface area (TPSA) is 56.8 Å². The highest BCUT2D eigenvalue weighted by molar-refractivity contribution is 5.76. The Hall–Kier alpha value is -1.75. The van der Waals surface area contributed by atoms with E-state index in [0.717, 1.165) is 49.2 Å². The zero-order valence-corrected chi connectivity index (χ0v) is 13.0. The number of aryl methyl sites for hydroxylation is 1. The molecule has 1 amide bonds.